The van der Waals surface area contributed by atoms with Crippen LogP contribution in [-0.4, -0.2) is 17.3 Å². The van der Waals surface area contributed by atoms with E-state index in [0.29, 0.717) is 12.5 Å². The van der Waals surface area contributed by atoms with Gasteiger partial charge in [0.15, 0.2) is 0 Å². The topological polar surface area (TPSA) is 29.1 Å². The van der Waals surface area contributed by atoms with Crippen molar-refractivity contribution >= 4 is 21.8 Å². The largest absolute Gasteiger partial charge is 0.417 e. The molecule has 0 bridgehead atoms. The molecule has 2 nitrogen and oxygen atoms in total. The third-order valence-corrected chi connectivity index (χ3v) is 4.57. The van der Waals surface area contributed by atoms with E-state index in [4.69, 9.17) is 0 Å². The quantitative estimate of drug-likeness (QED) is 0.731. The Bertz CT molecular complexity index is 472. The summed E-state index contributed by atoms with van der Waals surface area (Å²) in [5, 5.41) is 2.57. The van der Waals surface area contributed by atoms with Crippen molar-refractivity contribution < 1.29 is 18.0 Å². The van der Waals surface area contributed by atoms with Gasteiger partial charge in [-0.05, 0) is 18.1 Å². The fraction of sp³-hybridized carbons (Fsp3) is 0.533. The molecule has 1 atom stereocenters. The second-order valence-corrected chi connectivity index (χ2v) is 6.02. The Kier molecular flexibility index (Phi) is 6.71. The molecule has 0 saturated carbocycles. The number of carbonyl (C=O) groups excluding carboxylic acids is 1. The number of rotatable bonds is 6. The van der Waals surface area contributed by atoms with E-state index in [1.807, 2.05) is 13.8 Å². The second kappa shape index (κ2) is 7.82. The van der Waals surface area contributed by atoms with E-state index in [9.17, 15) is 18.0 Å². The summed E-state index contributed by atoms with van der Waals surface area (Å²) in [6.45, 7) is 4.39. The minimum Gasteiger partial charge on any atom is -0.351 e. The average molecular weight is 366 g/mol. The maximum atomic E-state index is 12.9. The Morgan fingerprint density at radius 3 is 2.33 bits per heavy atom. The number of hydrogen-bond acceptors (Lipinski definition) is 1. The van der Waals surface area contributed by atoms with E-state index in [2.05, 4.69) is 21.2 Å². The van der Waals surface area contributed by atoms with Gasteiger partial charge in [0.25, 0.3) is 5.91 Å². The highest BCUT2D eigenvalue weighted by Gasteiger charge is 2.34. The lowest BCUT2D eigenvalue weighted by atomic mass is 9.99. The summed E-state index contributed by atoms with van der Waals surface area (Å²) in [5.74, 6) is -0.318. The van der Waals surface area contributed by atoms with Crippen LogP contribution in [0.25, 0.3) is 0 Å². The van der Waals surface area contributed by atoms with Gasteiger partial charge in [-0.1, -0.05) is 54.8 Å². The number of amides is 1. The number of benzene rings is 1. The Labute approximate surface area is 131 Å². The minimum atomic E-state index is -4.53. The molecule has 0 aliphatic carbocycles. The van der Waals surface area contributed by atoms with Gasteiger partial charge in [0.2, 0.25) is 0 Å². The highest BCUT2D eigenvalue weighted by molar-refractivity contribution is 9.09. The second-order valence-electron chi connectivity index (χ2n) is 4.85. The van der Waals surface area contributed by atoms with E-state index < -0.39 is 17.6 Å². The summed E-state index contributed by atoms with van der Waals surface area (Å²) in [4.78, 5) is 12.0. The van der Waals surface area contributed by atoms with E-state index in [0.717, 1.165) is 18.9 Å². The summed E-state index contributed by atoms with van der Waals surface area (Å²) < 4.78 is 38.6. The maximum absolute atomic E-state index is 12.9. The third kappa shape index (κ3) is 5.02. The van der Waals surface area contributed by atoms with Crippen LogP contribution >= 0.6 is 15.9 Å². The highest BCUT2D eigenvalue weighted by Crippen LogP contribution is 2.31. The van der Waals surface area contributed by atoms with Crippen LogP contribution in [0.2, 0.25) is 0 Å². The molecule has 0 aromatic heterocycles. The summed E-state index contributed by atoms with van der Waals surface area (Å²) >= 11 is 3.49. The molecule has 1 unspecified atom stereocenters. The minimum absolute atomic E-state index is 0.0505. The van der Waals surface area contributed by atoms with Crippen molar-refractivity contribution in [2.45, 2.75) is 37.7 Å². The molecule has 118 valence electrons. The Morgan fingerprint density at radius 2 is 1.81 bits per heavy atom. The lowest BCUT2D eigenvalue weighted by Gasteiger charge is -2.20. The SMILES string of the molecule is CCC(CC)C(Br)CNC(=O)c1ccccc1C(F)(F)F. The van der Waals surface area contributed by atoms with E-state index in [-0.39, 0.29) is 10.4 Å². The first kappa shape index (κ1) is 18.0. The van der Waals surface area contributed by atoms with Crippen molar-refractivity contribution in [3.63, 3.8) is 0 Å². The summed E-state index contributed by atoms with van der Waals surface area (Å²) in [6, 6.07) is 4.81. The lowest BCUT2D eigenvalue weighted by Crippen LogP contribution is -2.34. The standard InChI is InChI=1S/C15H19BrF3NO/c1-3-10(4-2)13(16)9-20-14(21)11-7-5-6-8-12(11)15(17,18)19/h5-8,10,13H,3-4,9H2,1-2H3,(H,20,21). The fourth-order valence-electron chi connectivity index (χ4n) is 2.18. The number of alkyl halides is 4. The molecule has 1 amide bonds. The first-order chi connectivity index (χ1) is 9.81. The van der Waals surface area contributed by atoms with Crippen LogP contribution in [0.4, 0.5) is 13.2 Å². The molecule has 0 saturated heterocycles. The Morgan fingerprint density at radius 1 is 1.24 bits per heavy atom. The summed E-state index contributed by atoms with van der Waals surface area (Å²) in [5.41, 5.74) is -1.24. The molecule has 0 spiro atoms. The monoisotopic (exact) mass is 365 g/mol. The number of hydrogen-bond donors (Lipinski definition) is 1. The van der Waals surface area contributed by atoms with Crippen LogP contribution in [0, 0.1) is 5.92 Å². The molecule has 6 heteroatoms. The van der Waals surface area contributed by atoms with Crippen molar-refractivity contribution in [3.05, 3.63) is 35.4 Å². The zero-order chi connectivity index (χ0) is 16.0. The predicted molar refractivity (Wildman–Crippen MR) is 80.6 cm³/mol. The van der Waals surface area contributed by atoms with Crippen LogP contribution in [-0.2, 0) is 6.18 Å². The molecule has 1 aromatic rings. The zero-order valence-electron chi connectivity index (χ0n) is 12.0. The van der Waals surface area contributed by atoms with Crippen molar-refractivity contribution in [2.24, 2.45) is 5.92 Å². The first-order valence-electron chi connectivity index (χ1n) is 6.89. The first-order valence-corrected chi connectivity index (χ1v) is 7.81. The molecule has 21 heavy (non-hydrogen) atoms. The van der Waals surface area contributed by atoms with Crippen molar-refractivity contribution in [3.8, 4) is 0 Å². The number of halogens is 4. The fourth-order valence-corrected chi connectivity index (χ4v) is 3.09. The van der Waals surface area contributed by atoms with E-state index in [1.54, 1.807) is 0 Å². The Hall–Kier alpha value is -1.04. The van der Waals surface area contributed by atoms with Gasteiger partial charge < -0.3 is 5.32 Å². The normalized spacial score (nSPS) is 13.3. The molecular weight excluding hydrogens is 347 g/mol. The molecule has 1 N–H and O–H groups in total. The Balaban J connectivity index is 2.78. The van der Waals surface area contributed by atoms with Gasteiger partial charge in [0.05, 0.1) is 11.1 Å². The summed E-state index contributed by atoms with van der Waals surface area (Å²) in [6.07, 6.45) is -2.64. The number of nitrogens with one attached hydrogen (secondary N) is 1. The van der Waals surface area contributed by atoms with Crippen LogP contribution in [0.3, 0.4) is 0 Å². The molecule has 0 radical (unpaired) electrons. The molecule has 0 fully saturated rings. The summed E-state index contributed by atoms with van der Waals surface area (Å²) in [7, 11) is 0. The lowest BCUT2D eigenvalue weighted by molar-refractivity contribution is -0.137. The van der Waals surface area contributed by atoms with Crippen molar-refractivity contribution in [1.82, 2.24) is 5.32 Å². The molecule has 1 rings (SSSR count). The van der Waals surface area contributed by atoms with Crippen LogP contribution in [0.5, 0.6) is 0 Å². The van der Waals surface area contributed by atoms with Crippen LogP contribution in [0.1, 0.15) is 42.6 Å². The molecule has 0 aliphatic heterocycles. The maximum Gasteiger partial charge on any atom is 0.417 e. The molecule has 1 aromatic carbocycles. The number of carbonyl (C=O) groups is 1. The highest BCUT2D eigenvalue weighted by atomic mass is 79.9. The van der Waals surface area contributed by atoms with Gasteiger partial charge in [-0.25, -0.2) is 0 Å². The average Bonchev–Trinajstić information content (AvgIpc) is 2.45. The van der Waals surface area contributed by atoms with Crippen molar-refractivity contribution in [1.29, 1.82) is 0 Å². The van der Waals surface area contributed by atoms with Gasteiger partial charge >= 0.3 is 6.18 Å². The zero-order valence-corrected chi connectivity index (χ0v) is 13.6. The van der Waals surface area contributed by atoms with E-state index >= 15 is 0 Å². The van der Waals surface area contributed by atoms with Gasteiger partial charge in [-0.3, -0.25) is 4.79 Å². The van der Waals surface area contributed by atoms with Gasteiger partial charge in [-0.15, -0.1) is 0 Å². The predicted octanol–water partition coefficient (Wildman–Crippen LogP) is 4.63. The molecular formula is C15H19BrF3NO. The van der Waals surface area contributed by atoms with Gasteiger partial charge in [0.1, 0.15) is 0 Å². The van der Waals surface area contributed by atoms with Gasteiger partial charge in [-0.2, -0.15) is 13.2 Å². The van der Waals surface area contributed by atoms with Gasteiger partial charge in [0, 0.05) is 11.4 Å². The van der Waals surface area contributed by atoms with Crippen LogP contribution in [0.15, 0.2) is 24.3 Å². The molecule has 0 aliphatic rings. The third-order valence-electron chi connectivity index (χ3n) is 3.49. The van der Waals surface area contributed by atoms with E-state index in [1.165, 1.54) is 18.2 Å². The van der Waals surface area contributed by atoms with Crippen LogP contribution < -0.4 is 5.32 Å². The van der Waals surface area contributed by atoms with Crippen molar-refractivity contribution in [2.75, 3.05) is 6.54 Å². The molecule has 0 heterocycles. The smallest absolute Gasteiger partial charge is 0.351 e.